The normalized spacial score (nSPS) is 16.8. The van der Waals surface area contributed by atoms with Gasteiger partial charge in [0, 0.05) is 17.1 Å². The number of piperidine rings is 1. The molecule has 0 saturated carbocycles. The van der Waals surface area contributed by atoms with Gasteiger partial charge in [-0.3, -0.25) is 15.0 Å². The average molecular weight is 520 g/mol. The van der Waals surface area contributed by atoms with Crippen molar-refractivity contribution in [1.82, 2.24) is 15.4 Å². The zero-order valence-corrected chi connectivity index (χ0v) is 21.4. The zero-order chi connectivity index (χ0) is 24.8. The van der Waals surface area contributed by atoms with Crippen molar-refractivity contribution < 1.29 is 19.1 Å². The Balaban J connectivity index is 1.42. The van der Waals surface area contributed by atoms with Crippen LogP contribution in [0.1, 0.15) is 49.4 Å². The highest BCUT2D eigenvalue weighted by Crippen LogP contribution is 2.42. The van der Waals surface area contributed by atoms with Crippen LogP contribution in [0.15, 0.2) is 41.2 Å². The maximum absolute atomic E-state index is 15.7. The Morgan fingerprint density at radius 1 is 1.37 bits per heavy atom. The van der Waals surface area contributed by atoms with Crippen LogP contribution in [-0.4, -0.2) is 47.7 Å². The van der Waals surface area contributed by atoms with E-state index in [0.29, 0.717) is 41.5 Å². The first-order valence-electron chi connectivity index (χ1n) is 11.9. The Morgan fingerprint density at radius 3 is 2.86 bits per heavy atom. The lowest BCUT2D eigenvalue weighted by Crippen LogP contribution is -2.48. The first-order valence-corrected chi connectivity index (χ1v) is 13.2. The summed E-state index contributed by atoms with van der Waals surface area (Å²) in [6, 6.07) is 7.44. The Bertz CT molecular complexity index is 1140. The summed E-state index contributed by atoms with van der Waals surface area (Å²) in [6.45, 7) is 2.44. The van der Waals surface area contributed by atoms with E-state index >= 15 is 4.39 Å². The highest BCUT2D eigenvalue weighted by Gasteiger charge is 2.41. The van der Waals surface area contributed by atoms with E-state index in [-0.39, 0.29) is 11.4 Å². The summed E-state index contributed by atoms with van der Waals surface area (Å²) >= 11 is 8.09. The van der Waals surface area contributed by atoms with Crippen LogP contribution in [0.2, 0.25) is 5.02 Å². The van der Waals surface area contributed by atoms with E-state index in [1.165, 1.54) is 11.8 Å². The van der Waals surface area contributed by atoms with Gasteiger partial charge < -0.3 is 9.64 Å². The van der Waals surface area contributed by atoms with Crippen LogP contribution in [0.5, 0.6) is 5.75 Å². The van der Waals surface area contributed by atoms with Crippen LogP contribution in [0.25, 0.3) is 10.9 Å². The molecule has 1 atom stereocenters. The molecule has 1 aliphatic rings. The lowest BCUT2D eigenvalue weighted by atomic mass is 9.73. The molecule has 188 valence electrons. The molecule has 3 heterocycles. The Morgan fingerprint density at radius 2 is 2.17 bits per heavy atom. The zero-order valence-electron chi connectivity index (χ0n) is 19.8. The number of aromatic nitrogens is 1. The number of alkyl halides is 1. The molecule has 0 radical (unpaired) electrons. The number of benzene rings is 1. The Hall–Kier alpha value is -2.26. The molecule has 4 rings (SSSR count). The number of hydroxylamine groups is 1. The minimum Gasteiger partial charge on any atom is -0.497 e. The van der Waals surface area contributed by atoms with Gasteiger partial charge in [0.05, 0.1) is 23.1 Å². The van der Waals surface area contributed by atoms with E-state index in [0.717, 1.165) is 32.5 Å². The molecular weight excluding hydrogens is 489 g/mol. The Labute approximate surface area is 214 Å². The molecule has 2 N–H and O–H groups in total. The molecule has 3 aromatic rings. The average Bonchev–Trinajstić information content (AvgIpc) is 3.40. The number of nitrogens with zero attached hydrogens (tertiary/aromatic N) is 2. The number of likely N-dealkylation sites (tertiary alicyclic amines) is 1. The molecule has 35 heavy (non-hydrogen) atoms. The number of nitrogens with one attached hydrogen (secondary N) is 1. The first-order chi connectivity index (χ1) is 17.0. The van der Waals surface area contributed by atoms with Gasteiger partial charge in [0.1, 0.15) is 11.9 Å². The summed E-state index contributed by atoms with van der Waals surface area (Å²) in [5.74, 6) is 0.160. The lowest BCUT2D eigenvalue weighted by Gasteiger charge is -2.40. The standard InChI is InChI=1S/C26H31ClFN3O3S/c1-34-19-4-5-23-20(15-19)24(21(27)16-29-23)22(28)6-8-26(25(32)30-33)9-12-31(13-10-26)11-2-3-18-7-14-35-17-18/h4-5,7,14-17,22,33H,2-3,6,8-13H2,1H3,(H,30,32). The summed E-state index contributed by atoms with van der Waals surface area (Å²) < 4.78 is 21.0. The van der Waals surface area contributed by atoms with Gasteiger partial charge in [-0.25, -0.2) is 9.87 Å². The molecule has 2 aromatic heterocycles. The molecule has 1 unspecified atom stereocenters. The van der Waals surface area contributed by atoms with Gasteiger partial charge in [0.25, 0.3) is 0 Å². The maximum atomic E-state index is 15.7. The molecule has 1 aliphatic heterocycles. The molecule has 1 aromatic carbocycles. The number of ether oxygens (including phenoxy) is 1. The van der Waals surface area contributed by atoms with Crippen LogP contribution in [0.3, 0.4) is 0 Å². The quantitative estimate of drug-likeness (QED) is 0.255. The smallest absolute Gasteiger partial charge is 0.249 e. The van der Waals surface area contributed by atoms with Crippen molar-refractivity contribution in [3.8, 4) is 5.75 Å². The monoisotopic (exact) mass is 519 g/mol. The fraction of sp³-hybridized carbons (Fsp3) is 0.462. The third kappa shape index (κ3) is 5.94. The molecule has 0 spiro atoms. The minimum atomic E-state index is -1.38. The molecular formula is C26H31ClFN3O3S. The van der Waals surface area contributed by atoms with Crippen molar-refractivity contribution in [1.29, 1.82) is 0 Å². The van der Waals surface area contributed by atoms with Crippen molar-refractivity contribution in [2.45, 2.75) is 44.7 Å². The van der Waals surface area contributed by atoms with E-state index in [9.17, 15) is 10.0 Å². The second-order valence-electron chi connectivity index (χ2n) is 9.21. The number of thiophene rings is 1. The molecule has 1 fully saturated rings. The fourth-order valence-electron chi connectivity index (χ4n) is 5.02. The number of halogens is 2. The number of amides is 1. The van der Waals surface area contributed by atoms with Crippen LogP contribution < -0.4 is 10.2 Å². The summed E-state index contributed by atoms with van der Waals surface area (Å²) in [7, 11) is 1.55. The molecule has 1 amide bonds. The predicted molar refractivity (Wildman–Crippen MR) is 137 cm³/mol. The van der Waals surface area contributed by atoms with Crippen LogP contribution in [0, 0.1) is 5.41 Å². The highest BCUT2D eigenvalue weighted by molar-refractivity contribution is 7.07. The minimum absolute atomic E-state index is 0.113. The number of carbonyl (C=O) groups excluding carboxylic acids is 1. The van der Waals surface area contributed by atoms with Gasteiger partial charge in [-0.05, 0) is 98.7 Å². The summed E-state index contributed by atoms with van der Waals surface area (Å²) in [5.41, 5.74) is 3.38. The van der Waals surface area contributed by atoms with Crippen molar-refractivity contribution in [2.75, 3.05) is 26.7 Å². The molecule has 0 aliphatic carbocycles. The topological polar surface area (TPSA) is 74.7 Å². The molecule has 1 saturated heterocycles. The summed E-state index contributed by atoms with van der Waals surface area (Å²) in [4.78, 5) is 19.4. The van der Waals surface area contributed by atoms with E-state index in [1.54, 1.807) is 36.6 Å². The molecule has 9 heteroatoms. The highest BCUT2D eigenvalue weighted by atomic mass is 35.5. The second kappa shape index (κ2) is 11.6. The lowest BCUT2D eigenvalue weighted by molar-refractivity contribution is -0.143. The predicted octanol–water partition coefficient (Wildman–Crippen LogP) is 5.97. The molecule has 6 nitrogen and oxygen atoms in total. The summed E-state index contributed by atoms with van der Waals surface area (Å²) in [6.07, 6.45) is 3.74. The van der Waals surface area contributed by atoms with Crippen LogP contribution in [-0.2, 0) is 11.2 Å². The van der Waals surface area contributed by atoms with Gasteiger partial charge in [0.2, 0.25) is 5.91 Å². The van der Waals surface area contributed by atoms with Crippen molar-refractivity contribution in [2.24, 2.45) is 5.41 Å². The van der Waals surface area contributed by atoms with E-state index in [2.05, 4.69) is 26.7 Å². The third-order valence-corrected chi connectivity index (χ3v) is 8.21. The van der Waals surface area contributed by atoms with Gasteiger partial charge in [-0.15, -0.1) is 0 Å². The van der Waals surface area contributed by atoms with Gasteiger partial charge in [0.15, 0.2) is 0 Å². The van der Waals surface area contributed by atoms with E-state index in [4.69, 9.17) is 16.3 Å². The van der Waals surface area contributed by atoms with Crippen molar-refractivity contribution in [3.05, 3.63) is 57.4 Å². The number of aryl methyl sites for hydroxylation is 1. The first kappa shape index (κ1) is 25.8. The molecule has 0 bridgehead atoms. The largest absolute Gasteiger partial charge is 0.497 e. The van der Waals surface area contributed by atoms with E-state index < -0.39 is 17.5 Å². The van der Waals surface area contributed by atoms with Crippen molar-refractivity contribution >= 4 is 39.7 Å². The number of fused-ring (bicyclic) bond motifs is 1. The van der Waals surface area contributed by atoms with Crippen LogP contribution in [0.4, 0.5) is 4.39 Å². The SMILES string of the molecule is COc1ccc2ncc(Cl)c(C(F)CCC3(C(=O)NO)CCN(CCCc4ccsc4)CC3)c2c1. The summed E-state index contributed by atoms with van der Waals surface area (Å²) in [5, 5.41) is 14.6. The fourth-order valence-corrected chi connectivity index (χ4v) is 5.99. The Kier molecular flexibility index (Phi) is 8.59. The number of hydrogen-bond donors (Lipinski definition) is 2. The number of hydrogen-bond acceptors (Lipinski definition) is 6. The number of carbonyl (C=O) groups is 1. The maximum Gasteiger partial charge on any atom is 0.249 e. The number of rotatable bonds is 10. The number of pyridine rings is 1. The van der Waals surface area contributed by atoms with E-state index in [1.807, 2.05) is 5.48 Å². The number of methoxy groups -OCH3 is 1. The van der Waals surface area contributed by atoms with Gasteiger partial charge in [-0.2, -0.15) is 11.3 Å². The van der Waals surface area contributed by atoms with Gasteiger partial charge >= 0.3 is 0 Å². The van der Waals surface area contributed by atoms with Gasteiger partial charge in [-0.1, -0.05) is 11.6 Å². The second-order valence-corrected chi connectivity index (χ2v) is 10.4. The third-order valence-electron chi connectivity index (χ3n) is 7.17. The van der Waals surface area contributed by atoms with Crippen LogP contribution >= 0.6 is 22.9 Å². The van der Waals surface area contributed by atoms with Crippen molar-refractivity contribution in [3.63, 3.8) is 0 Å².